The molecule has 2 aromatic rings. The first-order chi connectivity index (χ1) is 11.5. The Labute approximate surface area is 141 Å². The van der Waals surface area contributed by atoms with Crippen molar-refractivity contribution in [3.05, 3.63) is 63.7 Å². The second-order valence-electron chi connectivity index (χ2n) is 6.00. The van der Waals surface area contributed by atoms with Gasteiger partial charge in [0.25, 0.3) is 0 Å². The van der Waals surface area contributed by atoms with Crippen molar-refractivity contribution in [3.8, 4) is 5.75 Å². The van der Waals surface area contributed by atoms with Gasteiger partial charge in [0.15, 0.2) is 0 Å². The zero-order valence-corrected chi connectivity index (χ0v) is 14.2. The summed E-state index contributed by atoms with van der Waals surface area (Å²) in [7, 11) is 0. The van der Waals surface area contributed by atoms with Crippen molar-refractivity contribution >= 4 is 5.97 Å². The highest BCUT2D eigenvalue weighted by Crippen LogP contribution is 2.12. The zero-order valence-electron chi connectivity index (χ0n) is 14.2. The van der Waals surface area contributed by atoms with E-state index in [4.69, 9.17) is 13.9 Å². The summed E-state index contributed by atoms with van der Waals surface area (Å²) in [6, 6.07) is 8.44. The molecule has 1 aromatic heterocycles. The summed E-state index contributed by atoms with van der Waals surface area (Å²) < 4.78 is 15.9. The molecule has 0 saturated carbocycles. The molecule has 0 amide bonds. The van der Waals surface area contributed by atoms with E-state index in [-0.39, 0.29) is 23.5 Å². The fourth-order valence-corrected chi connectivity index (χ4v) is 2.04. The first-order valence-electron chi connectivity index (χ1n) is 7.94. The van der Waals surface area contributed by atoms with Crippen molar-refractivity contribution in [2.75, 3.05) is 6.61 Å². The third-order valence-corrected chi connectivity index (χ3v) is 3.52. The molecular weight excluding hydrogens is 308 g/mol. The number of hydrogen-bond acceptors (Lipinski definition) is 5. The highest BCUT2D eigenvalue weighted by Gasteiger charge is 2.12. The van der Waals surface area contributed by atoms with Gasteiger partial charge >= 0.3 is 5.97 Å². The maximum Gasteiger partial charge on any atom is 0.338 e. The maximum atomic E-state index is 12.0. The van der Waals surface area contributed by atoms with E-state index in [1.54, 1.807) is 12.1 Å². The predicted molar refractivity (Wildman–Crippen MR) is 90.2 cm³/mol. The molecule has 0 aliphatic heterocycles. The van der Waals surface area contributed by atoms with Crippen molar-refractivity contribution in [2.24, 2.45) is 5.92 Å². The standard InChI is InChI=1S/C19H22O5/c1-13(2)8-9-22-18-12-23-15(10-17(18)20)11-24-19(21)16-7-5-4-6-14(16)3/h4-7,10,12-13H,8-9,11H2,1-3H3. The average Bonchev–Trinajstić information content (AvgIpc) is 2.54. The lowest BCUT2D eigenvalue weighted by atomic mass is 10.1. The van der Waals surface area contributed by atoms with Crippen LogP contribution in [0.25, 0.3) is 0 Å². The number of esters is 1. The fourth-order valence-electron chi connectivity index (χ4n) is 2.04. The second-order valence-corrected chi connectivity index (χ2v) is 6.00. The van der Waals surface area contributed by atoms with Crippen molar-refractivity contribution in [1.82, 2.24) is 0 Å². The highest BCUT2D eigenvalue weighted by molar-refractivity contribution is 5.90. The molecule has 0 saturated heterocycles. The van der Waals surface area contributed by atoms with Crippen LogP contribution < -0.4 is 10.2 Å². The number of rotatable bonds is 7. The van der Waals surface area contributed by atoms with Gasteiger partial charge in [0.05, 0.1) is 12.2 Å². The van der Waals surface area contributed by atoms with E-state index in [1.165, 1.54) is 12.3 Å². The molecule has 5 heteroatoms. The normalized spacial score (nSPS) is 10.7. The minimum absolute atomic E-state index is 0.102. The van der Waals surface area contributed by atoms with Gasteiger partial charge in [-0.25, -0.2) is 4.79 Å². The molecule has 0 atom stereocenters. The van der Waals surface area contributed by atoms with E-state index in [0.717, 1.165) is 12.0 Å². The Morgan fingerprint density at radius 1 is 1.25 bits per heavy atom. The number of ether oxygens (including phenoxy) is 2. The van der Waals surface area contributed by atoms with Gasteiger partial charge < -0.3 is 13.9 Å². The Kier molecular flexibility index (Phi) is 6.18. The van der Waals surface area contributed by atoms with Gasteiger partial charge in [-0.05, 0) is 30.9 Å². The van der Waals surface area contributed by atoms with Gasteiger partial charge in [0, 0.05) is 6.07 Å². The van der Waals surface area contributed by atoms with Gasteiger partial charge in [0.2, 0.25) is 11.2 Å². The fraction of sp³-hybridized carbons (Fsp3) is 0.368. The van der Waals surface area contributed by atoms with E-state index in [2.05, 4.69) is 13.8 Å². The molecule has 0 radical (unpaired) electrons. The second kappa shape index (κ2) is 8.34. The summed E-state index contributed by atoms with van der Waals surface area (Å²) in [6.45, 7) is 6.36. The van der Waals surface area contributed by atoms with Crippen LogP contribution in [0, 0.1) is 12.8 Å². The van der Waals surface area contributed by atoms with Gasteiger partial charge in [-0.2, -0.15) is 0 Å². The molecule has 0 bridgehead atoms. The van der Waals surface area contributed by atoms with Gasteiger partial charge in [-0.1, -0.05) is 32.0 Å². The largest absolute Gasteiger partial charge is 0.487 e. The number of benzene rings is 1. The van der Waals surface area contributed by atoms with Crippen LogP contribution in [0.15, 0.2) is 45.8 Å². The Balaban J connectivity index is 1.94. The number of aryl methyl sites for hydroxylation is 1. The molecule has 0 spiro atoms. The highest BCUT2D eigenvalue weighted by atomic mass is 16.5. The molecular formula is C19H22O5. The van der Waals surface area contributed by atoms with E-state index in [0.29, 0.717) is 18.1 Å². The van der Waals surface area contributed by atoms with Crippen LogP contribution in [0.1, 0.15) is 41.9 Å². The van der Waals surface area contributed by atoms with E-state index >= 15 is 0 Å². The van der Waals surface area contributed by atoms with Crippen LogP contribution in [0.5, 0.6) is 5.75 Å². The smallest absolute Gasteiger partial charge is 0.338 e. The molecule has 0 aliphatic rings. The Morgan fingerprint density at radius 3 is 2.67 bits per heavy atom. The van der Waals surface area contributed by atoms with E-state index in [1.807, 2.05) is 19.1 Å². The first-order valence-corrected chi connectivity index (χ1v) is 7.94. The van der Waals surface area contributed by atoms with Gasteiger partial charge in [-0.3, -0.25) is 4.79 Å². The summed E-state index contributed by atoms with van der Waals surface area (Å²) in [6.07, 6.45) is 2.12. The van der Waals surface area contributed by atoms with Gasteiger partial charge in [-0.15, -0.1) is 0 Å². The number of carbonyl (C=O) groups excluding carboxylic acids is 1. The molecule has 0 aliphatic carbocycles. The number of hydrogen-bond donors (Lipinski definition) is 0. The van der Waals surface area contributed by atoms with Crippen LogP contribution in [-0.2, 0) is 11.3 Å². The minimum Gasteiger partial charge on any atom is -0.487 e. The summed E-state index contributed by atoms with van der Waals surface area (Å²) in [5, 5.41) is 0. The van der Waals surface area contributed by atoms with Gasteiger partial charge in [0.1, 0.15) is 18.6 Å². The molecule has 1 heterocycles. The maximum absolute atomic E-state index is 12.0. The minimum atomic E-state index is -0.451. The molecule has 1 aromatic carbocycles. The van der Waals surface area contributed by atoms with Crippen LogP contribution >= 0.6 is 0 Å². The third-order valence-electron chi connectivity index (χ3n) is 3.52. The van der Waals surface area contributed by atoms with Crippen LogP contribution in [0.3, 0.4) is 0 Å². The predicted octanol–water partition coefficient (Wildman–Crippen LogP) is 3.73. The summed E-state index contributed by atoms with van der Waals surface area (Å²) in [5.74, 6) is 0.493. The SMILES string of the molecule is Cc1ccccc1C(=O)OCc1cc(=O)c(OCCC(C)C)co1. The Bertz CT molecular complexity index is 745. The van der Waals surface area contributed by atoms with Crippen LogP contribution in [0.4, 0.5) is 0 Å². The van der Waals surface area contributed by atoms with Crippen molar-refractivity contribution in [1.29, 1.82) is 0 Å². The Morgan fingerprint density at radius 2 is 2.00 bits per heavy atom. The molecule has 5 nitrogen and oxygen atoms in total. The Hall–Kier alpha value is -2.56. The molecule has 128 valence electrons. The topological polar surface area (TPSA) is 65.7 Å². The lowest BCUT2D eigenvalue weighted by molar-refractivity contribution is 0.0441. The quantitative estimate of drug-likeness (QED) is 0.724. The van der Waals surface area contributed by atoms with Crippen molar-refractivity contribution in [2.45, 2.75) is 33.8 Å². The van der Waals surface area contributed by atoms with E-state index < -0.39 is 5.97 Å². The molecule has 24 heavy (non-hydrogen) atoms. The molecule has 0 N–H and O–H groups in total. The zero-order chi connectivity index (χ0) is 17.5. The van der Waals surface area contributed by atoms with Crippen LogP contribution in [0.2, 0.25) is 0 Å². The first kappa shape index (κ1) is 17.8. The lowest BCUT2D eigenvalue weighted by Crippen LogP contribution is -2.12. The summed E-state index contributed by atoms with van der Waals surface area (Å²) in [4.78, 5) is 24.0. The van der Waals surface area contributed by atoms with Crippen molar-refractivity contribution < 1.29 is 18.7 Å². The summed E-state index contributed by atoms with van der Waals surface area (Å²) in [5.41, 5.74) is 1.04. The number of carbonyl (C=O) groups is 1. The molecule has 0 fully saturated rings. The summed E-state index contributed by atoms with van der Waals surface area (Å²) >= 11 is 0. The average molecular weight is 330 g/mol. The molecule has 0 unspecified atom stereocenters. The van der Waals surface area contributed by atoms with Crippen LogP contribution in [-0.4, -0.2) is 12.6 Å². The van der Waals surface area contributed by atoms with Crippen molar-refractivity contribution in [3.63, 3.8) is 0 Å². The lowest BCUT2D eigenvalue weighted by Gasteiger charge is -2.08. The monoisotopic (exact) mass is 330 g/mol. The molecule has 2 rings (SSSR count). The van der Waals surface area contributed by atoms with E-state index in [9.17, 15) is 9.59 Å². The third kappa shape index (κ3) is 4.98.